The van der Waals surface area contributed by atoms with Gasteiger partial charge in [0.05, 0.1) is 41.0 Å². The molecule has 3 heterocycles. The number of ketones is 1. The van der Waals surface area contributed by atoms with E-state index in [1.807, 2.05) is 25.1 Å². The van der Waals surface area contributed by atoms with Crippen molar-refractivity contribution in [1.29, 1.82) is 0 Å². The monoisotopic (exact) mass is 734 g/mol. The first kappa shape index (κ1) is 35.7. The molecule has 1 amide bonds. The highest BCUT2D eigenvalue weighted by Crippen LogP contribution is 2.47. The normalized spacial score (nSPS) is 29.8. The lowest BCUT2D eigenvalue weighted by molar-refractivity contribution is 0.0131. The largest absolute Gasteiger partial charge is 0.490 e. The van der Waals surface area contributed by atoms with E-state index in [0.717, 1.165) is 55.9 Å². The highest BCUT2D eigenvalue weighted by atomic mass is 35.5. The first-order valence-corrected chi connectivity index (χ1v) is 20.1. The molecule has 272 valence electrons. The van der Waals surface area contributed by atoms with Crippen molar-refractivity contribution in [2.75, 3.05) is 50.3 Å². The molecule has 2 aliphatic carbocycles. The van der Waals surface area contributed by atoms with Crippen LogP contribution >= 0.6 is 11.6 Å². The topological polar surface area (TPSA) is 112 Å². The average Bonchev–Trinajstić information content (AvgIpc) is 3.40. The van der Waals surface area contributed by atoms with E-state index in [4.69, 9.17) is 25.8 Å². The number of ether oxygens (including phenoxy) is 3. The van der Waals surface area contributed by atoms with Crippen LogP contribution in [0.1, 0.15) is 70.9 Å². The first-order chi connectivity index (χ1) is 24.5. The van der Waals surface area contributed by atoms with Crippen LogP contribution in [0, 0.1) is 17.8 Å². The van der Waals surface area contributed by atoms with Gasteiger partial charge >= 0.3 is 0 Å². The molecule has 0 radical (unpaired) electrons. The molecule has 3 aromatic rings. The number of fused-ring (bicyclic) bond motifs is 4. The second-order valence-corrected chi connectivity index (χ2v) is 17.7. The predicted molar refractivity (Wildman–Crippen MR) is 199 cm³/mol. The number of nitrogens with zero attached hydrogens (tertiary/aromatic N) is 4. The van der Waals surface area contributed by atoms with Crippen molar-refractivity contribution in [3.63, 3.8) is 0 Å². The summed E-state index contributed by atoms with van der Waals surface area (Å²) in [5.41, 5.74) is 3.63. The van der Waals surface area contributed by atoms with Crippen molar-refractivity contribution >= 4 is 38.7 Å². The molecule has 1 aromatic heterocycles. The minimum absolute atomic E-state index is 0.0559. The van der Waals surface area contributed by atoms with E-state index in [2.05, 4.69) is 38.6 Å². The van der Waals surface area contributed by atoms with Crippen molar-refractivity contribution in [3.05, 3.63) is 82.0 Å². The minimum Gasteiger partial charge on any atom is -0.490 e. The third-order valence-corrected chi connectivity index (χ3v) is 13.8. The van der Waals surface area contributed by atoms with Gasteiger partial charge in [-0.3, -0.25) is 14.3 Å². The lowest BCUT2D eigenvalue weighted by Crippen LogP contribution is -2.49. The van der Waals surface area contributed by atoms with Gasteiger partial charge in [0.1, 0.15) is 11.3 Å². The smallest absolute Gasteiger partial charge is 0.285 e. The number of aryl methyl sites for hydroxylation is 2. The van der Waals surface area contributed by atoms with Gasteiger partial charge in [-0.25, -0.2) is 4.21 Å². The highest BCUT2D eigenvalue weighted by molar-refractivity contribution is 7.94. The molecule has 1 saturated carbocycles. The molecule has 4 aliphatic rings. The molecule has 51 heavy (non-hydrogen) atoms. The fraction of sp³-hybridized carbons (Fsp3) is 0.513. The standard InChI is InChI=1S/C39H47ClN4O6S/c1-25-7-5-9-35(48-3)30-13-10-28(30)19-44-23-39(16-6-8-26-17-29(40)12-14-32(26)39)24-50-36-15-11-27(18-33(36)44)37(46)42-51(47,21-25)22-34(45)31-20-43(2)41-38(31)49-4/h5,9,11-12,14-15,17-18,20,25,28,30,35H,6-8,10,13,16,19,21-24H2,1-4H3/b9-5+/t25-,28-,30+,35-,39-,51-/m0/s1. The number of Topliss-reactive ketones (excluding diaryl/α,β-unsaturated/α-hetero) is 1. The molecule has 0 saturated heterocycles. The third kappa shape index (κ3) is 7.22. The van der Waals surface area contributed by atoms with Crippen molar-refractivity contribution in [3.8, 4) is 11.6 Å². The van der Waals surface area contributed by atoms with Gasteiger partial charge in [-0.05, 0) is 97.7 Å². The maximum absolute atomic E-state index is 14.7. The number of benzene rings is 2. The van der Waals surface area contributed by atoms with Gasteiger partial charge < -0.3 is 19.1 Å². The van der Waals surface area contributed by atoms with Crippen LogP contribution in [-0.2, 0) is 33.3 Å². The third-order valence-electron chi connectivity index (χ3n) is 11.2. The summed E-state index contributed by atoms with van der Waals surface area (Å²) < 4.78 is 38.6. The summed E-state index contributed by atoms with van der Waals surface area (Å²) >= 11 is 6.46. The molecular weight excluding hydrogens is 688 g/mol. The number of hydrogen-bond acceptors (Lipinski definition) is 8. The van der Waals surface area contributed by atoms with E-state index in [1.54, 1.807) is 26.4 Å². The number of methoxy groups -OCH3 is 2. The van der Waals surface area contributed by atoms with Gasteiger partial charge in [0.25, 0.3) is 5.91 Å². The zero-order chi connectivity index (χ0) is 35.9. The summed E-state index contributed by atoms with van der Waals surface area (Å²) in [6, 6.07) is 11.6. The van der Waals surface area contributed by atoms with Crippen molar-refractivity contribution in [1.82, 2.24) is 9.78 Å². The Bertz CT molecular complexity index is 1990. The van der Waals surface area contributed by atoms with Gasteiger partial charge in [-0.2, -0.15) is 4.36 Å². The van der Waals surface area contributed by atoms with Crippen molar-refractivity contribution in [2.45, 2.75) is 57.0 Å². The summed E-state index contributed by atoms with van der Waals surface area (Å²) in [4.78, 5) is 30.0. The summed E-state index contributed by atoms with van der Waals surface area (Å²) in [5.74, 6) is 0.0729. The Balaban J connectivity index is 1.31. The highest BCUT2D eigenvalue weighted by Gasteiger charge is 2.44. The number of rotatable bonds is 5. The lowest BCUT2D eigenvalue weighted by Gasteiger charge is -2.46. The Labute approximate surface area is 305 Å². The SMILES string of the molecule is COc1nn(C)cc1C(=O)C[S@]1(=O)=NC(=O)c2ccc3c(c2)N(C[C@@H]2CC[C@H]2[C@@H](OC)/C=C/C[C@H](C)C1)C[C@@]1(CCCc2cc(Cl)ccc21)CO3. The van der Waals surface area contributed by atoms with Crippen LogP contribution in [-0.4, -0.2) is 77.2 Å². The van der Waals surface area contributed by atoms with E-state index < -0.39 is 27.2 Å². The van der Waals surface area contributed by atoms with Crippen LogP contribution in [0.2, 0.25) is 5.02 Å². The maximum Gasteiger partial charge on any atom is 0.285 e. The molecular formula is C39H47ClN4O6S. The number of carbonyl (C=O) groups excluding carboxylic acids is 2. The Morgan fingerprint density at radius 1 is 1.18 bits per heavy atom. The predicted octanol–water partition coefficient (Wildman–Crippen LogP) is 6.68. The number of carbonyl (C=O) groups is 2. The number of aromatic nitrogens is 2. The maximum atomic E-state index is 14.7. The molecule has 0 N–H and O–H groups in total. The van der Waals surface area contributed by atoms with E-state index >= 15 is 0 Å². The average molecular weight is 735 g/mol. The van der Waals surface area contributed by atoms with Crippen LogP contribution in [0.25, 0.3) is 0 Å². The zero-order valence-electron chi connectivity index (χ0n) is 29.8. The van der Waals surface area contributed by atoms with Crippen LogP contribution in [0.4, 0.5) is 5.69 Å². The summed E-state index contributed by atoms with van der Waals surface area (Å²) in [5, 5.41) is 4.93. The fourth-order valence-corrected chi connectivity index (χ4v) is 11.0. The van der Waals surface area contributed by atoms with Crippen LogP contribution < -0.4 is 14.4 Å². The summed E-state index contributed by atoms with van der Waals surface area (Å²) in [6.07, 6.45) is 11.5. The molecule has 12 heteroatoms. The van der Waals surface area contributed by atoms with Crippen molar-refractivity contribution < 1.29 is 28.0 Å². The van der Waals surface area contributed by atoms with E-state index in [0.29, 0.717) is 36.2 Å². The Hall–Kier alpha value is -3.67. The van der Waals surface area contributed by atoms with Crippen LogP contribution in [0.5, 0.6) is 11.6 Å². The Morgan fingerprint density at radius 2 is 2.02 bits per heavy atom. The fourth-order valence-electron chi connectivity index (χ4n) is 8.56. The van der Waals surface area contributed by atoms with Gasteiger partial charge in [0.15, 0.2) is 5.78 Å². The minimum atomic E-state index is -3.34. The van der Waals surface area contributed by atoms with E-state index in [1.165, 1.54) is 22.9 Å². The molecule has 2 aliphatic heterocycles. The second kappa shape index (κ2) is 14.4. The quantitative estimate of drug-likeness (QED) is 0.211. The molecule has 2 bridgehead atoms. The molecule has 1 spiro atoms. The molecule has 0 unspecified atom stereocenters. The second-order valence-electron chi connectivity index (χ2n) is 14.9. The molecule has 7 rings (SSSR count). The van der Waals surface area contributed by atoms with Gasteiger partial charge in [0.2, 0.25) is 5.88 Å². The number of allylic oxidation sites excluding steroid dienone is 1. The van der Waals surface area contributed by atoms with Crippen LogP contribution in [0.3, 0.4) is 0 Å². The van der Waals surface area contributed by atoms with Gasteiger partial charge in [-0.15, -0.1) is 5.10 Å². The Morgan fingerprint density at radius 3 is 2.78 bits per heavy atom. The number of hydrogen-bond donors (Lipinski definition) is 0. The summed E-state index contributed by atoms with van der Waals surface area (Å²) in [7, 11) is 1.54. The molecule has 6 atom stereocenters. The Kier molecular flexibility index (Phi) is 10.1. The molecule has 10 nitrogen and oxygen atoms in total. The first-order valence-electron chi connectivity index (χ1n) is 17.9. The van der Waals surface area contributed by atoms with Crippen molar-refractivity contribution in [2.24, 2.45) is 29.2 Å². The number of anilines is 1. The van der Waals surface area contributed by atoms with Crippen LogP contribution in [0.15, 0.2) is 59.1 Å². The zero-order valence-corrected chi connectivity index (χ0v) is 31.4. The number of halogens is 1. The summed E-state index contributed by atoms with van der Waals surface area (Å²) in [6.45, 7) is 3.98. The van der Waals surface area contributed by atoms with E-state index in [-0.39, 0.29) is 34.6 Å². The van der Waals surface area contributed by atoms with E-state index in [9.17, 15) is 13.8 Å². The number of amides is 1. The molecule has 2 aromatic carbocycles. The lowest BCUT2D eigenvalue weighted by atomic mass is 9.68. The molecule has 1 fully saturated rings. The van der Waals surface area contributed by atoms with Gasteiger partial charge in [-0.1, -0.05) is 36.7 Å². The van der Waals surface area contributed by atoms with Gasteiger partial charge in [0, 0.05) is 55.2 Å².